The van der Waals surface area contributed by atoms with Gasteiger partial charge in [-0.2, -0.15) is 0 Å². The number of amides is 1. The molecule has 0 radical (unpaired) electrons. The van der Waals surface area contributed by atoms with Crippen LogP contribution < -0.4 is 45.1 Å². The quantitative estimate of drug-likeness (QED) is 0.332. The third kappa shape index (κ3) is 2.58. The fourth-order valence-corrected chi connectivity index (χ4v) is 1.59. The number of anilines is 1. The summed E-state index contributed by atoms with van der Waals surface area (Å²) in [7, 11) is 1.53. The first-order valence-electron chi connectivity index (χ1n) is 5.14. The first-order valence-corrected chi connectivity index (χ1v) is 5.14. The Balaban J connectivity index is 0.00000162. The summed E-state index contributed by atoms with van der Waals surface area (Å²) in [4.78, 5) is 15.8. The smallest absolute Gasteiger partial charge is 0.877 e. The van der Waals surface area contributed by atoms with Crippen molar-refractivity contribution in [2.75, 3.05) is 12.1 Å². The number of amidine groups is 1. The molecule has 1 saturated heterocycles. The predicted octanol–water partition coefficient (Wildman–Crippen LogP) is -2.88. The second kappa shape index (κ2) is 6.04. The molecular weight excluding hydrogens is 241 g/mol. The molecule has 1 heterocycles. The number of carbonyl (C=O) groups is 1. The minimum Gasteiger partial charge on any atom is -0.877 e. The van der Waals surface area contributed by atoms with Crippen LogP contribution in [-0.2, 0) is 4.79 Å². The summed E-state index contributed by atoms with van der Waals surface area (Å²) in [5.41, 5.74) is 4.62. The molecular formula is C12H12N3NaO2. The van der Waals surface area contributed by atoms with Gasteiger partial charge in [-0.1, -0.05) is 17.7 Å². The van der Waals surface area contributed by atoms with Crippen molar-refractivity contribution in [2.24, 2.45) is 4.99 Å². The number of hydrogen-bond acceptors (Lipinski definition) is 3. The second-order valence-corrected chi connectivity index (χ2v) is 3.69. The molecule has 1 aliphatic heterocycles. The number of nitrogens with zero attached hydrogens (tertiary/aromatic N) is 2. The molecule has 1 N–H and O–H groups in total. The van der Waals surface area contributed by atoms with E-state index in [-0.39, 0.29) is 41.0 Å². The molecule has 1 aliphatic rings. The minimum atomic E-state index is -0.385. The number of nitrogens with one attached hydrogen (secondary N) is 1. The van der Waals surface area contributed by atoms with Gasteiger partial charge in [0.2, 0.25) is 0 Å². The topological polar surface area (TPSA) is 67.8 Å². The van der Waals surface area contributed by atoms with Crippen molar-refractivity contribution in [3.05, 3.63) is 41.7 Å². The molecule has 1 fully saturated rings. The van der Waals surface area contributed by atoms with Crippen molar-refractivity contribution in [2.45, 2.75) is 6.92 Å². The molecule has 0 spiro atoms. The van der Waals surface area contributed by atoms with Gasteiger partial charge in [0, 0.05) is 7.05 Å². The van der Waals surface area contributed by atoms with E-state index in [4.69, 9.17) is 0 Å². The Bertz CT molecular complexity index is 509. The molecule has 0 atom stereocenters. The number of rotatable bonds is 1. The van der Waals surface area contributed by atoms with Crippen LogP contribution in [0.2, 0.25) is 0 Å². The Morgan fingerprint density at radius 1 is 1.33 bits per heavy atom. The van der Waals surface area contributed by atoms with Gasteiger partial charge in [0.1, 0.15) is 0 Å². The number of aliphatic imine (C=N–C) groups is 1. The van der Waals surface area contributed by atoms with Crippen molar-refractivity contribution in [3.8, 4) is 0 Å². The molecule has 1 amide bonds. The first-order chi connectivity index (χ1) is 8.17. The van der Waals surface area contributed by atoms with Crippen LogP contribution in [0.15, 0.2) is 41.1 Å². The van der Waals surface area contributed by atoms with Gasteiger partial charge in [0.15, 0.2) is 5.84 Å². The van der Waals surface area contributed by atoms with Crippen molar-refractivity contribution >= 4 is 17.4 Å². The molecule has 5 nitrogen and oxygen atoms in total. The molecule has 0 saturated carbocycles. The minimum absolute atomic E-state index is 0. The fourth-order valence-electron chi connectivity index (χ4n) is 1.59. The normalized spacial score (nSPS) is 19.0. The van der Waals surface area contributed by atoms with Crippen LogP contribution in [0.3, 0.4) is 0 Å². The third-order valence-corrected chi connectivity index (χ3v) is 2.54. The van der Waals surface area contributed by atoms with Crippen LogP contribution in [0.4, 0.5) is 5.69 Å². The van der Waals surface area contributed by atoms with Crippen LogP contribution in [0.5, 0.6) is 0 Å². The summed E-state index contributed by atoms with van der Waals surface area (Å²) in [6.45, 7) is 1.96. The summed E-state index contributed by atoms with van der Waals surface area (Å²) in [6, 6.07) is 7.40. The van der Waals surface area contributed by atoms with Crippen LogP contribution in [0.25, 0.3) is 0 Å². The molecule has 0 aromatic heterocycles. The van der Waals surface area contributed by atoms with Crippen molar-refractivity contribution < 1.29 is 39.5 Å². The van der Waals surface area contributed by atoms with E-state index in [2.05, 4.69) is 10.4 Å². The van der Waals surface area contributed by atoms with Gasteiger partial charge in [0.25, 0.3) is 5.91 Å². The Labute approximate surface area is 127 Å². The van der Waals surface area contributed by atoms with Crippen LogP contribution in [0, 0.1) is 6.92 Å². The Hall–Kier alpha value is -1.30. The van der Waals surface area contributed by atoms with E-state index in [1.807, 2.05) is 19.1 Å². The van der Waals surface area contributed by atoms with E-state index >= 15 is 0 Å². The predicted molar refractivity (Wildman–Crippen MR) is 63.2 cm³/mol. The molecule has 18 heavy (non-hydrogen) atoms. The number of benzene rings is 1. The van der Waals surface area contributed by atoms with Crippen LogP contribution in [0.1, 0.15) is 5.56 Å². The Morgan fingerprint density at radius 3 is 2.39 bits per heavy atom. The summed E-state index contributed by atoms with van der Waals surface area (Å²) in [5.74, 6) is -0.0879. The average molecular weight is 253 g/mol. The van der Waals surface area contributed by atoms with E-state index in [0.29, 0.717) is 17.8 Å². The van der Waals surface area contributed by atoms with Crippen LogP contribution >= 0.6 is 0 Å². The molecule has 6 heteroatoms. The zero-order valence-corrected chi connectivity index (χ0v) is 12.6. The molecule has 0 unspecified atom stereocenters. The number of carbonyl (C=O) groups excluding carboxylic acids is 1. The van der Waals surface area contributed by atoms with Crippen molar-refractivity contribution in [3.63, 3.8) is 0 Å². The van der Waals surface area contributed by atoms with Gasteiger partial charge < -0.3 is 5.11 Å². The van der Waals surface area contributed by atoms with E-state index in [1.54, 1.807) is 12.1 Å². The van der Waals surface area contributed by atoms with E-state index < -0.39 is 0 Å². The average Bonchev–Trinajstić information content (AvgIpc) is 2.66. The molecule has 0 aliphatic carbocycles. The molecule has 88 valence electrons. The summed E-state index contributed by atoms with van der Waals surface area (Å²) in [6.07, 6.45) is 0.520. The number of hydrogen-bond donors (Lipinski definition) is 1. The maximum atomic E-state index is 11.9. The molecule has 2 rings (SSSR count). The fraction of sp³-hybridized carbons (Fsp3) is 0.167. The first kappa shape index (κ1) is 14.8. The number of hydrazine groups is 1. The Kier molecular flexibility index (Phi) is 4.95. The maximum absolute atomic E-state index is 11.9. The van der Waals surface area contributed by atoms with E-state index in [0.717, 1.165) is 5.56 Å². The van der Waals surface area contributed by atoms with Gasteiger partial charge in [-0.3, -0.25) is 15.2 Å². The molecule has 0 bridgehead atoms. The molecule has 1 aromatic rings. The monoisotopic (exact) mass is 253 g/mol. The Morgan fingerprint density at radius 2 is 1.94 bits per heavy atom. The van der Waals surface area contributed by atoms with Gasteiger partial charge in [-0.05, 0) is 19.1 Å². The molecule has 1 aromatic carbocycles. The third-order valence-electron chi connectivity index (χ3n) is 2.54. The largest absolute Gasteiger partial charge is 1.00 e. The van der Waals surface area contributed by atoms with E-state index in [9.17, 15) is 9.90 Å². The number of aryl methyl sites for hydroxylation is 1. The van der Waals surface area contributed by atoms with Gasteiger partial charge in [-0.15, -0.1) is 6.26 Å². The second-order valence-electron chi connectivity index (χ2n) is 3.69. The standard InChI is InChI=1S/C12H13N3O2.Na/c1-8-3-5-9(6-4-8)15-12(17)10(7-16)11(13-2)14-15;/h3-7,16H,1-2H3,(H,13,14);/q;+1/p-1/b10-7+;. The maximum Gasteiger partial charge on any atom is 1.00 e. The van der Waals surface area contributed by atoms with Crippen molar-refractivity contribution in [1.82, 2.24) is 5.43 Å². The van der Waals surface area contributed by atoms with Gasteiger partial charge in [0.05, 0.1) is 11.3 Å². The van der Waals surface area contributed by atoms with Gasteiger partial charge in [-0.25, -0.2) is 5.01 Å². The summed E-state index contributed by atoms with van der Waals surface area (Å²) < 4.78 is 0. The van der Waals surface area contributed by atoms with Crippen molar-refractivity contribution in [1.29, 1.82) is 0 Å². The zero-order chi connectivity index (χ0) is 12.4. The van der Waals surface area contributed by atoms with Crippen LogP contribution in [-0.4, -0.2) is 18.8 Å². The van der Waals surface area contributed by atoms with E-state index in [1.165, 1.54) is 12.1 Å². The summed E-state index contributed by atoms with van der Waals surface area (Å²) in [5, 5.41) is 12.1. The van der Waals surface area contributed by atoms with Gasteiger partial charge >= 0.3 is 29.6 Å². The zero-order valence-electron chi connectivity index (χ0n) is 10.6. The summed E-state index contributed by atoms with van der Waals surface area (Å²) >= 11 is 0. The SMILES string of the molecule is CN=C1NN(c2ccc(C)cc2)C(=O)/C1=C/[O-].[Na+].